The van der Waals surface area contributed by atoms with Gasteiger partial charge in [-0.1, -0.05) is 37.3 Å². The van der Waals surface area contributed by atoms with Crippen LogP contribution >= 0.6 is 0 Å². The average Bonchev–Trinajstić information content (AvgIpc) is 2.96. The van der Waals surface area contributed by atoms with E-state index in [2.05, 4.69) is 22.0 Å². The maximum Gasteiger partial charge on any atom is 0.330 e. The molecule has 1 aromatic heterocycles. The van der Waals surface area contributed by atoms with Crippen LogP contribution in [0.4, 0.5) is 0 Å². The van der Waals surface area contributed by atoms with E-state index in [0.29, 0.717) is 24.9 Å². The Morgan fingerprint density at radius 2 is 2.04 bits per heavy atom. The molecule has 0 unspecified atom stereocenters. The molecular formula is C19H25N3O4. The van der Waals surface area contributed by atoms with Gasteiger partial charge >= 0.3 is 5.69 Å². The number of hydrogen-bond donors (Lipinski definition) is 2. The van der Waals surface area contributed by atoms with Crippen LogP contribution in [0.25, 0.3) is 0 Å². The van der Waals surface area contributed by atoms with Gasteiger partial charge < -0.3 is 9.84 Å². The topological polar surface area (TPSA) is 87.6 Å². The van der Waals surface area contributed by atoms with Gasteiger partial charge in [-0.3, -0.25) is 19.2 Å². The van der Waals surface area contributed by atoms with Crippen LogP contribution in [-0.2, 0) is 17.7 Å². The quantitative estimate of drug-likeness (QED) is 0.799. The van der Waals surface area contributed by atoms with E-state index in [4.69, 9.17) is 4.74 Å². The minimum absolute atomic E-state index is 0.318. The molecule has 7 nitrogen and oxygen atoms in total. The Morgan fingerprint density at radius 3 is 2.73 bits per heavy atom. The number of aromatic nitrogens is 2. The van der Waals surface area contributed by atoms with Crippen LogP contribution in [0.3, 0.4) is 0 Å². The summed E-state index contributed by atoms with van der Waals surface area (Å²) in [4.78, 5) is 28.2. The van der Waals surface area contributed by atoms with Gasteiger partial charge in [0.05, 0.1) is 12.2 Å². The standard InChI is InChI=1S/C19H25N3O4/c1-3-14-11-22(19(25)20-18(14)24)17-9-15(23)16(26-17)12-21(2)10-13-7-5-4-6-8-13/h4-8,11,15-17,23H,3,9-10,12H2,1-2H3,(H,20,24,25)/t15-,16+,17+/m0/s1. The van der Waals surface area contributed by atoms with Gasteiger partial charge in [-0.05, 0) is 19.0 Å². The summed E-state index contributed by atoms with van der Waals surface area (Å²) in [5, 5.41) is 10.4. The highest BCUT2D eigenvalue weighted by atomic mass is 16.5. The molecule has 1 saturated heterocycles. The predicted molar refractivity (Wildman–Crippen MR) is 98.0 cm³/mol. The van der Waals surface area contributed by atoms with Crippen molar-refractivity contribution >= 4 is 0 Å². The third kappa shape index (κ3) is 4.12. The zero-order valence-electron chi connectivity index (χ0n) is 15.1. The number of aliphatic hydroxyl groups excluding tert-OH is 1. The summed E-state index contributed by atoms with van der Waals surface area (Å²) in [6, 6.07) is 10.1. The van der Waals surface area contributed by atoms with Crippen LogP contribution < -0.4 is 11.2 Å². The fourth-order valence-electron chi connectivity index (χ4n) is 3.31. The van der Waals surface area contributed by atoms with Crippen molar-refractivity contribution in [1.82, 2.24) is 14.5 Å². The number of ether oxygens (including phenoxy) is 1. The highest BCUT2D eigenvalue weighted by Gasteiger charge is 2.36. The molecule has 7 heteroatoms. The minimum atomic E-state index is -0.665. The molecule has 1 aliphatic rings. The van der Waals surface area contributed by atoms with Crippen molar-refractivity contribution < 1.29 is 9.84 Å². The van der Waals surface area contributed by atoms with Gasteiger partial charge in [-0.25, -0.2) is 4.79 Å². The monoisotopic (exact) mass is 359 g/mol. The second-order valence-corrected chi connectivity index (χ2v) is 6.79. The van der Waals surface area contributed by atoms with Crippen LogP contribution in [0, 0.1) is 0 Å². The molecule has 0 radical (unpaired) electrons. The van der Waals surface area contributed by atoms with E-state index in [9.17, 15) is 14.7 Å². The van der Waals surface area contributed by atoms with E-state index >= 15 is 0 Å². The van der Waals surface area contributed by atoms with Gasteiger partial charge in [0.1, 0.15) is 6.23 Å². The summed E-state index contributed by atoms with van der Waals surface area (Å²) in [5.41, 5.74) is 0.824. The normalized spacial score (nSPS) is 22.8. The Balaban J connectivity index is 1.68. The Hall–Kier alpha value is -2.22. The molecule has 2 heterocycles. The van der Waals surface area contributed by atoms with Gasteiger partial charge in [-0.15, -0.1) is 0 Å². The first-order valence-corrected chi connectivity index (χ1v) is 8.88. The van der Waals surface area contributed by atoms with Crippen LogP contribution in [-0.4, -0.2) is 45.4 Å². The van der Waals surface area contributed by atoms with Gasteiger partial charge in [-0.2, -0.15) is 0 Å². The highest BCUT2D eigenvalue weighted by molar-refractivity contribution is 5.14. The molecule has 0 saturated carbocycles. The average molecular weight is 359 g/mol. The number of benzene rings is 1. The Labute approximate surface area is 151 Å². The molecule has 0 aliphatic carbocycles. The first kappa shape index (κ1) is 18.6. The number of aryl methyl sites for hydroxylation is 1. The van der Waals surface area contributed by atoms with Gasteiger partial charge in [0.25, 0.3) is 5.56 Å². The molecule has 1 aromatic carbocycles. The van der Waals surface area contributed by atoms with Crippen LogP contribution in [0.1, 0.15) is 30.7 Å². The summed E-state index contributed by atoms with van der Waals surface area (Å²) in [5.74, 6) is 0. The number of likely N-dealkylation sites (N-methyl/N-ethyl adjacent to an activating group) is 1. The first-order valence-electron chi connectivity index (χ1n) is 8.88. The summed E-state index contributed by atoms with van der Waals surface area (Å²) in [6.07, 6.45) is 0.747. The number of nitrogens with one attached hydrogen (secondary N) is 1. The van der Waals surface area contributed by atoms with Crippen molar-refractivity contribution in [3.63, 3.8) is 0 Å². The van der Waals surface area contributed by atoms with Crippen molar-refractivity contribution in [3.8, 4) is 0 Å². The number of aliphatic hydroxyl groups is 1. The molecule has 0 spiro atoms. The summed E-state index contributed by atoms with van der Waals surface area (Å²) >= 11 is 0. The Bertz CT molecular complexity index is 846. The fraction of sp³-hybridized carbons (Fsp3) is 0.474. The lowest BCUT2D eigenvalue weighted by atomic mass is 10.1. The van der Waals surface area contributed by atoms with Gasteiger partial charge in [0.15, 0.2) is 0 Å². The smallest absolute Gasteiger partial charge is 0.330 e. The van der Waals surface area contributed by atoms with Crippen molar-refractivity contribution in [2.45, 2.75) is 44.7 Å². The van der Waals surface area contributed by atoms with Crippen molar-refractivity contribution in [2.24, 2.45) is 0 Å². The van der Waals surface area contributed by atoms with Crippen molar-refractivity contribution in [3.05, 3.63) is 68.5 Å². The zero-order chi connectivity index (χ0) is 18.7. The van der Waals surface area contributed by atoms with E-state index in [-0.39, 0.29) is 5.56 Å². The molecule has 140 valence electrons. The SMILES string of the molecule is CCc1cn([C@H]2C[C@H](O)[C@@H](CN(C)Cc3ccccc3)O2)c(=O)[nH]c1=O. The number of rotatable bonds is 6. The fourth-order valence-corrected chi connectivity index (χ4v) is 3.31. The summed E-state index contributed by atoms with van der Waals surface area (Å²) in [7, 11) is 1.97. The van der Waals surface area contributed by atoms with Gasteiger partial charge in [0, 0.05) is 31.3 Å². The second kappa shape index (κ2) is 7.99. The number of hydrogen-bond acceptors (Lipinski definition) is 5. The van der Waals surface area contributed by atoms with Crippen molar-refractivity contribution in [2.75, 3.05) is 13.6 Å². The zero-order valence-corrected chi connectivity index (χ0v) is 15.1. The molecule has 3 atom stereocenters. The molecule has 1 fully saturated rings. The minimum Gasteiger partial charge on any atom is -0.390 e. The maximum absolute atomic E-state index is 12.1. The second-order valence-electron chi connectivity index (χ2n) is 6.79. The predicted octanol–water partition coefficient (Wildman–Crippen LogP) is 0.879. The van der Waals surface area contributed by atoms with Crippen molar-refractivity contribution in [1.29, 1.82) is 0 Å². The number of aromatic amines is 1. The lowest BCUT2D eigenvalue weighted by Crippen LogP contribution is -2.36. The largest absolute Gasteiger partial charge is 0.390 e. The first-order chi connectivity index (χ1) is 12.5. The van der Waals surface area contributed by atoms with Gasteiger partial charge in [0.2, 0.25) is 0 Å². The Kier molecular flexibility index (Phi) is 5.70. The molecule has 2 aromatic rings. The Morgan fingerprint density at radius 1 is 1.31 bits per heavy atom. The molecule has 0 bridgehead atoms. The van der Waals surface area contributed by atoms with E-state index in [1.54, 1.807) is 0 Å². The molecule has 3 rings (SSSR count). The summed E-state index contributed by atoms with van der Waals surface area (Å²) in [6.45, 7) is 3.15. The van der Waals surface area contributed by atoms with Crippen LogP contribution in [0.2, 0.25) is 0 Å². The maximum atomic E-state index is 12.1. The lowest BCUT2D eigenvalue weighted by Gasteiger charge is -2.23. The van der Waals surface area contributed by atoms with Crippen LogP contribution in [0.15, 0.2) is 46.1 Å². The number of H-pyrrole nitrogens is 1. The molecular weight excluding hydrogens is 334 g/mol. The third-order valence-corrected chi connectivity index (χ3v) is 4.72. The molecule has 0 amide bonds. The lowest BCUT2D eigenvalue weighted by molar-refractivity contribution is -0.0342. The van der Waals surface area contributed by atoms with E-state index < -0.39 is 24.1 Å². The summed E-state index contributed by atoms with van der Waals surface area (Å²) < 4.78 is 7.31. The van der Waals surface area contributed by atoms with E-state index in [1.165, 1.54) is 16.3 Å². The highest BCUT2D eigenvalue weighted by Crippen LogP contribution is 2.28. The molecule has 2 N–H and O–H groups in total. The third-order valence-electron chi connectivity index (χ3n) is 4.72. The number of nitrogens with zero attached hydrogens (tertiary/aromatic N) is 2. The van der Waals surface area contributed by atoms with E-state index in [0.717, 1.165) is 6.54 Å². The molecule has 26 heavy (non-hydrogen) atoms. The van der Waals surface area contributed by atoms with Crippen LogP contribution in [0.5, 0.6) is 0 Å². The molecule has 1 aliphatic heterocycles. The van der Waals surface area contributed by atoms with E-state index in [1.807, 2.05) is 32.2 Å².